The van der Waals surface area contributed by atoms with Crippen LogP contribution in [-0.4, -0.2) is 28.9 Å². The Hall–Kier alpha value is -0.900. The largest absolute Gasteiger partial charge is 0.480 e. The summed E-state index contributed by atoms with van der Waals surface area (Å²) in [5, 5.41) is 11.8. The van der Waals surface area contributed by atoms with Gasteiger partial charge in [0.25, 0.3) is 0 Å². The van der Waals surface area contributed by atoms with Crippen LogP contribution >= 0.6 is 0 Å². The number of carbonyl (C=O) groups excluding carboxylic acids is 1. The number of piperidine rings is 1. The van der Waals surface area contributed by atoms with E-state index in [0.29, 0.717) is 6.42 Å². The number of carboxylic acids is 1. The molecule has 0 amide bonds. The van der Waals surface area contributed by atoms with E-state index < -0.39 is 12.0 Å². The summed E-state index contributed by atoms with van der Waals surface area (Å²) in [5.74, 6) is -0.0894. The van der Waals surface area contributed by atoms with Crippen molar-refractivity contribution in [2.75, 3.05) is 0 Å². The zero-order chi connectivity index (χ0) is 10.1. The molecule has 1 aliphatic carbocycles. The predicted molar refractivity (Wildman–Crippen MR) is 49.9 cm³/mol. The highest BCUT2D eigenvalue weighted by atomic mass is 16.4. The van der Waals surface area contributed by atoms with Crippen LogP contribution in [0.1, 0.15) is 32.1 Å². The van der Waals surface area contributed by atoms with Crippen LogP contribution in [0.15, 0.2) is 0 Å². The van der Waals surface area contributed by atoms with Gasteiger partial charge in [-0.1, -0.05) is 12.8 Å². The maximum atomic E-state index is 11.3. The summed E-state index contributed by atoms with van der Waals surface area (Å²) in [7, 11) is 0. The lowest BCUT2D eigenvalue weighted by Gasteiger charge is -2.27. The molecule has 1 heterocycles. The molecule has 0 aromatic heterocycles. The molecule has 4 heteroatoms. The van der Waals surface area contributed by atoms with Crippen molar-refractivity contribution < 1.29 is 14.7 Å². The number of rotatable bonds is 3. The zero-order valence-corrected chi connectivity index (χ0v) is 8.03. The van der Waals surface area contributed by atoms with E-state index in [1.165, 1.54) is 12.8 Å². The fourth-order valence-corrected chi connectivity index (χ4v) is 2.05. The molecule has 2 aliphatic rings. The first kappa shape index (κ1) is 9.65. The van der Waals surface area contributed by atoms with Gasteiger partial charge in [-0.2, -0.15) is 0 Å². The second-order valence-electron chi connectivity index (χ2n) is 4.38. The number of hydrogen-bond donors (Lipinski definition) is 2. The highest BCUT2D eigenvalue weighted by Gasteiger charge is 2.34. The summed E-state index contributed by atoms with van der Waals surface area (Å²) in [4.78, 5) is 22.0. The van der Waals surface area contributed by atoms with Crippen molar-refractivity contribution in [1.82, 2.24) is 5.32 Å². The molecule has 2 fully saturated rings. The van der Waals surface area contributed by atoms with Gasteiger partial charge in [0.1, 0.15) is 11.8 Å². The summed E-state index contributed by atoms with van der Waals surface area (Å²) in [6, 6.07) is -0.551. The van der Waals surface area contributed by atoms with E-state index in [2.05, 4.69) is 5.32 Å². The van der Waals surface area contributed by atoms with E-state index in [0.717, 1.165) is 12.3 Å². The van der Waals surface area contributed by atoms with E-state index >= 15 is 0 Å². The molecule has 14 heavy (non-hydrogen) atoms. The van der Waals surface area contributed by atoms with Crippen LogP contribution in [0.4, 0.5) is 0 Å². The molecule has 4 nitrogen and oxygen atoms in total. The monoisotopic (exact) mass is 197 g/mol. The number of nitrogens with one attached hydrogen (secondary N) is 1. The van der Waals surface area contributed by atoms with Crippen LogP contribution in [0.3, 0.4) is 0 Å². The first-order valence-electron chi connectivity index (χ1n) is 5.15. The van der Waals surface area contributed by atoms with Crippen molar-refractivity contribution in [3.05, 3.63) is 0 Å². The van der Waals surface area contributed by atoms with Gasteiger partial charge in [-0.3, -0.25) is 9.59 Å². The van der Waals surface area contributed by atoms with Gasteiger partial charge < -0.3 is 10.4 Å². The molecule has 1 saturated carbocycles. The number of Topliss-reactive ketones (excluding diaryl/α,β-unsaturated/α-hetero) is 1. The van der Waals surface area contributed by atoms with Crippen LogP contribution in [-0.2, 0) is 9.59 Å². The number of carbonyl (C=O) groups is 2. The number of hydrogen-bond acceptors (Lipinski definition) is 3. The van der Waals surface area contributed by atoms with Crippen molar-refractivity contribution >= 4 is 11.8 Å². The summed E-state index contributed by atoms with van der Waals surface area (Å²) in [6.45, 7) is 0. The second kappa shape index (κ2) is 3.69. The average molecular weight is 197 g/mol. The van der Waals surface area contributed by atoms with Crippen LogP contribution in [0.2, 0.25) is 0 Å². The maximum Gasteiger partial charge on any atom is 0.321 e. The lowest BCUT2D eigenvalue weighted by molar-refractivity contribution is -0.143. The molecule has 0 aromatic rings. The minimum Gasteiger partial charge on any atom is -0.480 e. The third-order valence-corrected chi connectivity index (χ3v) is 2.96. The molecule has 1 saturated heterocycles. The Bertz CT molecular complexity index is 260. The quantitative estimate of drug-likeness (QED) is 0.693. The molecular formula is C10H15NO3. The van der Waals surface area contributed by atoms with E-state index in [9.17, 15) is 9.59 Å². The minimum atomic E-state index is -0.904. The number of ketones is 1. The summed E-state index contributed by atoms with van der Waals surface area (Å²) in [6.07, 6.45) is 4.11. The molecule has 0 bridgehead atoms. The fraction of sp³-hybridized carbons (Fsp3) is 0.800. The predicted octanol–water partition coefficient (Wildman–Crippen LogP) is 0.561. The van der Waals surface area contributed by atoms with Gasteiger partial charge in [-0.15, -0.1) is 0 Å². The van der Waals surface area contributed by atoms with Crippen molar-refractivity contribution in [2.45, 2.75) is 44.2 Å². The third kappa shape index (κ3) is 2.32. The van der Waals surface area contributed by atoms with Crippen LogP contribution in [0.5, 0.6) is 0 Å². The second-order valence-corrected chi connectivity index (χ2v) is 4.38. The van der Waals surface area contributed by atoms with Crippen molar-refractivity contribution in [1.29, 1.82) is 0 Å². The molecule has 1 aliphatic heterocycles. The zero-order valence-electron chi connectivity index (χ0n) is 8.03. The molecule has 2 rings (SSSR count). The van der Waals surface area contributed by atoms with Crippen molar-refractivity contribution in [2.24, 2.45) is 5.92 Å². The number of aliphatic carboxylic acids is 1. The van der Waals surface area contributed by atoms with Gasteiger partial charge in [0.15, 0.2) is 0 Å². The molecule has 0 spiro atoms. The maximum absolute atomic E-state index is 11.3. The Balaban J connectivity index is 1.90. The first-order chi connectivity index (χ1) is 6.65. The van der Waals surface area contributed by atoms with Crippen molar-refractivity contribution in [3.8, 4) is 0 Å². The Morgan fingerprint density at radius 1 is 1.43 bits per heavy atom. The molecule has 78 valence electrons. The first-order valence-corrected chi connectivity index (χ1v) is 5.15. The SMILES string of the molecule is O=C1CC(CC2CC2)NC(C(=O)O)C1. The van der Waals surface area contributed by atoms with E-state index in [1.54, 1.807) is 0 Å². The Morgan fingerprint density at radius 3 is 2.71 bits per heavy atom. The molecule has 2 N–H and O–H groups in total. The van der Waals surface area contributed by atoms with Gasteiger partial charge in [0.2, 0.25) is 0 Å². The highest BCUT2D eigenvalue weighted by molar-refractivity contribution is 5.87. The fourth-order valence-electron chi connectivity index (χ4n) is 2.05. The Kier molecular flexibility index (Phi) is 2.54. The van der Waals surface area contributed by atoms with Crippen LogP contribution < -0.4 is 5.32 Å². The van der Waals surface area contributed by atoms with Gasteiger partial charge >= 0.3 is 5.97 Å². The van der Waals surface area contributed by atoms with Gasteiger partial charge in [0, 0.05) is 18.9 Å². The summed E-state index contributed by atoms with van der Waals surface area (Å²) < 4.78 is 0. The topological polar surface area (TPSA) is 66.4 Å². The lowest BCUT2D eigenvalue weighted by Crippen LogP contribution is -2.49. The van der Waals surface area contributed by atoms with E-state index in [4.69, 9.17) is 5.11 Å². The standard InChI is InChI=1S/C10H15NO3/c12-8-4-7(3-6-1-2-6)11-9(5-8)10(13)14/h6-7,9,11H,1-5H2,(H,13,14). The molecule has 2 atom stereocenters. The summed E-state index contributed by atoms with van der Waals surface area (Å²) >= 11 is 0. The van der Waals surface area contributed by atoms with Crippen LogP contribution in [0, 0.1) is 5.92 Å². The molecular weight excluding hydrogens is 182 g/mol. The smallest absolute Gasteiger partial charge is 0.321 e. The lowest BCUT2D eigenvalue weighted by atomic mass is 9.94. The average Bonchev–Trinajstić information content (AvgIpc) is 2.87. The number of carboxylic acid groups (broad SMARTS) is 1. The van der Waals surface area contributed by atoms with Gasteiger partial charge in [-0.25, -0.2) is 0 Å². The Morgan fingerprint density at radius 2 is 2.14 bits per heavy atom. The van der Waals surface area contributed by atoms with E-state index in [-0.39, 0.29) is 18.2 Å². The van der Waals surface area contributed by atoms with Gasteiger partial charge in [0.05, 0.1) is 0 Å². The molecule has 2 unspecified atom stereocenters. The summed E-state index contributed by atoms with van der Waals surface area (Å²) in [5.41, 5.74) is 0. The third-order valence-electron chi connectivity index (χ3n) is 2.96. The van der Waals surface area contributed by atoms with Crippen LogP contribution in [0.25, 0.3) is 0 Å². The highest BCUT2D eigenvalue weighted by Crippen LogP contribution is 2.34. The minimum absolute atomic E-state index is 0.0850. The van der Waals surface area contributed by atoms with Gasteiger partial charge in [-0.05, 0) is 12.3 Å². The molecule has 0 radical (unpaired) electrons. The van der Waals surface area contributed by atoms with E-state index in [1.807, 2.05) is 0 Å². The Labute approximate surface area is 82.7 Å². The van der Waals surface area contributed by atoms with Crippen molar-refractivity contribution in [3.63, 3.8) is 0 Å². The molecule has 0 aromatic carbocycles. The normalized spacial score (nSPS) is 33.0.